The molecule has 0 saturated heterocycles. The van der Waals surface area contributed by atoms with Crippen LogP contribution in [-0.4, -0.2) is 17.5 Å². The Labute approximate surface area is 176 Å². The van der Waals surface area contributed by atoms with E-state index in [1.54, 1.807) is 0 Å². The maximum Gasteiger partial charge on any atom is 1.00 e. The molecule has 0 fully saturated rings. The van der Waals surface area contributed by atoms with E-state index in [4.69, 9.17) is 17.5 Å². The minimum atomic E-state index is -5.17. The first-order valence-corrected chi connectivity index (χ1v) is 2.00. The molecule has 4 nitrogen and oxygen atoms in total. The zero-order valence-corrected chi connectivity index (χ0v) is 15.2. The predicted octanol–water partition coefficient (Wildman–Crippen LogP) is -10.3. The Balaban J connectivity index is -0.0000000267. The third-order valence-electron chi connectivity index (χ3n) is 0. The number of hydrogen-bond donors (Lipinski definition) is 0. The first kappa shape index (κ1) is 23.0. The average Bonchev–Trinajstić information content (AvgIpc) is 0.722. The molecule has 0 aromatic carbocycles. The Morgan fingerprint density at radius 1 is 0.875 bits per heavy atom. The van der Waals surface area contributed by atoms with Gasteiger partial charge in [-0.25, -0.2) is 0 Å². The van der Waals surface area contributed by atoms with Gasteiger partial charge in [0.25, 0.3) is 0 Å². The van der Waals surface area contributed by atoms with Crippen LogP contribution in [0.15, 0.2) is 0 Å². The van der Waals surface area contributed by atoms with Crippen LogP contribution < -0.4 is 154 Å². The molecule has 0 aliphatic rings. The van der Waals surface area contributed by atoms with Crippen molar-refractivity contribution >= 4 is 10.4 Å². The number of hydrogen-bond acceptors (Lipinski definition) is 4. The largest absolute Gasteiger partial charge is 1.00 e. The van der Waals surface area contributed by atoms with Crippen LogP contribution in [0.1, 0.15) is 0 Å². The molecule has 0 N–H and O–H groups in total. The molecule has 0 aromatic heterocycles. The SMILES string of the molecule is O=S(=O)([O-])[O-].[K+].[K+].[K+]. The summed E-state index contributed by atoms with van der Waals surface area (Å²) >= 11 is 0. The van der Waals surface area contributed by atoms with Crippen LogP contribution in [-0.2, 0) is 10.4 Å². The molecule has 32 valence electrons. The molecule has 0 bridgehead atoms. The molecule has 0 rings (SSSR count). The van der Waals surface area contributed by atoms with Crippen molar-refractivity contribution < 1.29 is 172 Å². The summed E-state index contributed by atoms with van der Waals surface area (Å²) in [6.07, 6.45) is 0. The molecule has 0 atom stereocenters. The third-order valence-corrected chi connectivity index (χ3v) is 0. The van der Waals surface area contributed by atoms with Crippen molar-refractivity contribution in [3.05, 3.63) is 0 Å². The molecule has 8 heteroatoms. The fraction of sp³-hybridized carbons (Fsp3) is 0. The van der Waals surface area contributed by atoms with Gasteiger partial charge in [-0.3, -0.25) is 8.42 Å². The second-order valence-electron chi connectivity index (χ2n) is 0.408. The average molecular weight is 213 g/mol. The molecule has 0 amide bonds. The Morgan fingerprint density at radius 2 is 0.875 bits per heavy atom. The molecule has 0 saturated carbocycles. The zero-order chi connectivity index (χ0) is 4.50. The maximum absolute atomic E-state index is 8.52. The smallest absolute Gasteiger partial charge is 0.759 e. The van der Waals surface area contributed by atoms with Crippen molar-refractivity contribution in [2.24, 2.45) is 0 Å². The summed E-state index contributed by atoms with van der Waals surface area (Å²) in [5, 5.41) is 0. The van der Waals surface area contributed by atoms with Gasteiger partial charge in [-0.1, -0.05) is 0 Å². The van der Waals surface area contributed by atoms with E-state index >= 15 is 0 Å². The summed E-state index contributed by atoms with van der Waals surface area (Å²) in [5.41, 5.74) is 0. The van der Waals surface area contributed by atoms with Crippen LogP contribution in [0.4, 0.5) is 0 Å². The molecular weight excluding hydrogens is 213 g/mol. The van der Waals surface area contributed by atoms with Gasteiger partial charge in [-0.05, 0) is 0 Å². The van der Waals surface area contributed by atoms with Crippen molar-refractivity contribution in [3.8, 4) is 0 Å². The van der Waals surface area contributed by atoms with Crippen molar-refractivity contribution in [2.45, 2.75) is 0 Å². The summed E-state index contributed by atoms with van der Waals surface area (Å²) in [7, 11) is -5.17. The fourth-order valence-electron chi connectivity index (χ4n) is 0. The van der Waals surface area contributed by atoms with E-state index in [0.29, 0.717) is 0 Å². The van der Waals surface area contributed by atoms with Gasteiger partial charge in [-0.15, -0.1) is 0 Å². The van der Waals surface area contributed by atoms with Gasteiger partial charge in [0, 0.05) is 10.4 Å². The van der Waals surface area contributed by atoms with E-state index < -0.39 is 10.4 Å². The van der Waals surface area contributed by atoms with Crippen LogP contribution in [0, 0.1) is 0 Å². The van der Waals surface area contributed by atoms with Crippen molar-refractivity contribution in [1.29, 1.82) is 0 Å². The van der Waals surface area contributed by atoms with Crippen LogP contribution in [0.3, 0.4) is 0 Å². The standard InChI is InChI=1S/3K.H2O4S/c;;;1-5(2,3)4/h;;;(H2,1,2,3,4)/q3*+1;/p-2. The van der Waals surface area contributed by atoms with Crippen molar-refractivity contribution in [2.75, 3.05) is 0 Å². The van der Waals surface area contributed by atoms with E-state index in [1.165, 1.54) is 0 Å². The van der Waals surface area contributed by atoms with Crippen LogP contribution in [0.25, 0.3) is 0 Å². The Bertz CT molecular complexity index is 94.5. The van der Waals surface area contributed by atoms with Gasteiger partial charge < -0.3 is 9.11 Å². The van der Waals surface area contributed by atoms with Crippen LogP contribution in [0.5, 0.6) is 0 Å². The van der Waals surface area contributed by atoms with Crippen molar-refractivity contribution in [1.82, 2.24) is 0 Å². The van der Waals surface area contributed by atoms with Gasteiger partial charge in [-0.2, -0.15) is 0 Å². The van der Waals surface area contributed by atoms with Gasteiger partial charge in [0.15, 0.2) is 0 Å². The van der Waals surface area contributed by atoms with Gasteiger partial charge in [0.05, 0.1) is 0 Å². The molecule has 0 aliphatic heterocycles. The summed E-state index contributed by atoms with van der Waals surface area (Å²) < 4.78 is 34.1. The summed E-state index contributed by atoms with van der Waals surface area (Å²) in [4.78, 5) is 0. The van der Waals surface area contributed by atoms with E-state index in [1.807, 2.05) is 0 Å². The summed E-state index contributed by atoms with van der Waals surface area (Å²) in [5.74, 6) is 0. The minimum absolute atomic E-state index is 0. The summed E-state index contributed by atoms with van der Waals surface area (Å²) in [6, 6.07) is 0. The minimum Gasteiger partial charge on any atom is -0.759 e. The van der Waals surface area contributed by atoms with E-state index in [0.717, 1.165) is 0 Å². The Morgan fingerprint density at radius 3 is 0.875 bits per heavy atom. The second kappa shape index (κ2) is 11.8. The van der Waals surface area contributed by atoms with E-state index in [-0.39, 0.29) is 154 Å². The van der Waals surface area contributed by atoms with Gasteiger partial charge >= 0.3 is 154 Å². The normalized spacial score (nSPS) is 7.25. The quantitative estimate of drug-likeness (QED) is 0.227. The maximum atomic E-state index is 8.52. The molecule has 0 aromatic rings. The molecule has 8 heavy (non-hydrogen) atoms. The molecule has 0 unspecified atom stereocenters. The first-order chi connectivity index (χ1) is 2.00. The van der Waals surface area contributed by atoms with E-state index in [2.05, 4.69) is 0 Å². The molecule has 0 radical (unpaired) electrons. The van der Waals surface area contributed by atoms with Gasteiger partial charge in [0.1, 0.15) is 0 Å². The van der Waals surface area contributed by atoms with Gasteiger partial charge in [0.2, 0.25) is 0 Å². The summed E-state index contributed by atoms with van der Waals surface area (Å²) in [6.45, 7) is 0. The second-order valence-corrected chi connectivity index (χ2v) is 1.22. The fourth-order valence-corrected chi connectivity index (χ4v) is 0. The number of rotatable bonds is 0. The monoisotopic (exact) mass is 213 g/mol. The van der Waals surface area contributed by atoms with E-state index in [9.17, 15) is 0 Å². The predicted molar refractivity (Wildman–Crippen MR) is 10.5 cm³/mol. The Hall–Kier alpha value is 4.78. The molecule has 0 aliphatic carbocycles. The third kappa shape index (κ3) is 45.1. The topological polar surface area (TPSA) is 80.3 Å². The van der Waals surface area contributed by atoms with Crippen molar-refractivity contribution in [3.63, 3.8) is 0 Å². The molecular formula is K3O4S+. The first-order valence-electron chi connectivity index (χ1n) is 0.667. The molecule has 0 heterocycles. The Kier molecular flexibility index (Phi) is 33.9. The molecule has 0 spiro atoms. The van der Waals surface area contributed by atoms with Crippen LogP contribution >= 0.6 is 0 Å². The van der Waals surface area contributed by atoms with Crippen LogP contribution in [0.2, 0.25) is 0 Å². The zero-order valence-electron chi connectivity index (χ0n) is 5.04.